The second kappa shape index (κ2) is 5.92. The molecule has 0 fully saturated rings. The summed E-state index contributed by atoms with van der Waals surface area (Å²) < 4.78 is 11.6. The number of aromatic carboxylic acids is 1. The maximum absolute atomic E-state index is 11.2. The Labute approximate surface area is 124 Å². The topological polar surface area (TPSA) is 68.7 Å². The number of pyridine rings is 1. The molecule has 0 saturated carbocycles. The number of hydrogen-bond acceptors (Lipinski definition) is 4. The van der Waals surface area contributed by atoms with Gasteiger partial charge in [-0.15, -0.1) is 0 Å². The Kier molecular flexibility index (Phi) is 4.24. The van der Waals surface area contributed by atoms with Crippen LogP contribution in [-0.4, -0.2) is 23.2 Å². The molecule has 104 valence electrons. The SMILES string of the molecule is COc1cccc(C(=O)O)c1Oc1cc(C)c(Br)cn1. The van der Waals surface area contributed by atoms with E-state index in [0.29, 0.717) is 11.6 Å². The van der Waals surface area contributed by atoms with Gasteiger partial charge < -0.3 is 14.6 Å². The van der Waals surface area contributed by atoms with Crippen LogP contribution in [0.4, 0.5) is 0 Å². The summed E-state index contributed by atoms with van der Waals surface area (Å²) in [6, 6.07) is 6.39. The first-order valence-corrected chi connectivity index (χ1v) is 6.52. The molecule has 20 heavy (non-hydrogen) atoms. The van der Waals surface area contributed by atoms with E-state index < -0.39 is 5.97 Å². The van der Waals surface area contributed by atoms with Crippen molar-refractivity contribution in [2.75, 3.05) is 7.11 Å². The van der Waals surface area contributed by atoms with Crippen molar-refractivity contribution in [1.29, 1.82) is 0 Å². The van der Waals surface area contributed by atoms with E-state index in [-0.39, 0.29) is 11.3 Å². The summed E-state index contributed by atoms with van der Waals surface area (Å²) >= 11 is 3.34. The lowest BCUT2D eigenvalue weighted by atomic mass is 10.2. The average molecular weight is 338 g/mol. The number of hydrogen-bond donors (Lipinski definition) is 1. The minimum Gasteiger partial charge on any atom is -0.493 e. The number of halogens is 1. The van der Waals surface area contributed by atoms with E-state index in [2.05, 4.69) is 20.9 Å². The average Bonchev–Trinajstić information content (AvgIpc) is 2.43. The highest BCUT2D eigenvalue weighted by Gasteiger charge is 2.17. The molecule has 0 aliphatic rings. The van der Waals surface area contributed by atoms with E-state index in [9.17, 15) is 9.90 Å². The number of para-hydroxylation sites is 1. The summed E-state index contributed by atoms with van der Waals surface area (Å²) in [6.07, 6.45) is 1.60. The molecule has 0 saturated heterocycles. The Balaban J connectivity index is 2.46. The van der Waals surface area contributed by atoms with Crippen molar-refractivity contribution in [1.82, 2.24) is 4.98 Å². The number of rotatable bonds is 4. The van der Waals surface area contributed by atoms with E-state index in [4.69, 9.17) is 9.47 Å². The maximum Gasteiger partial charge on any atom is 0.339 e. The van der Waals surface area contributed by atoms with E-state index in [1.807, 2.05) is 6.92 Å². The van der Waals surface area contributed by atoms with Crippen molar-refractivity contribution in [3.05, 3.63) is 46.1 Å². The zero-order chi connectivity index (χ0) is 14.7. The van der Waals surface area contributed by atoms with Crippen molar-refractivity contribution in [3.63, 3.8) is 0 Å². The van der Waals surface area contributed by atoms with Crippen LogP contribution in [0.25, 0.3) is 0 Å². The summed E-state index contributed by atoms with van der Waals surface area (Å²) in [5.74, 6) is -0.311. The number of nitrogens with zero attached hydrogens (tertiary/aromatic N) is 1. The Morgan fingerprint density at radius 3 is 2.75 bits per heavy atom. The molecule has 0 spiro atoms. The first-order valence-electron chi connectivity index (χ1n) is 5.73. The van der Waals surface area contributed by atoms with Gasteiger partial charge in [-0.05, 0) is 40.5 Å². The Morgan fingerprint density at radius 2 is 2.15 bits per heavy atom. The molecule has 1 aromatic heterocycles. The number of ether oxygens (including phenoxy) is 2. The smallest absolute Gasteiger partial charge is 0.339 e. The largest absolute Gasteiger partial charge is 0.493 e. The standard InChI is InChI=1S/C14H12BrNO4/c1-8-6-12(16-7-10(8)15)20-13-9(14(17)18)4-3-5-11(13)19-2/h3-7H,1-2H3,(H,17,18). The highest BCUT2D eigenvalue weighted by atomic mass is 79.9. The zero-order valence-corrected chi connectivity index (χ0v) is 12.5. The van der Waals surface area contributed by atoms with Gasteiger partial charge in [-0.25, -0.2) is 9.78 Å². The van der Waals surface area contributed by atoms with Gasteiger partial charge in [0.15, 0.2) is 11.5 Å². The highest BCUT2D eigenvalue weighted by Crippen LogP contribution is 2.35. The van der Waals surface area contributed by atoms with Gasteiger partial charge in [-0.2, -0.15) is 0 Å². The lowest BCUT2D eigenvalue weighted by Crippen LogP contribution is -2.02. The van der Waals surface area contributed by atoms with Crippen molar-refractivity contribution >= 4 is 21.9 Å². The summed E-state index contributed by atoms with van der Waals surface area (Å²) in [5, 5.41) is 9.20. The molecule has 0 amide bonds. The van der Waals surface area contributed by atoms with Crippen LogP contribution in [0, 0.1) is 6.92 Å². The van der Waals surface area contributed by atoms with Gasteiger partial charge in [0.25, 0.3) is 0 Å². The monoisotopic (exact) mass is 337 g/mol. The molecule has 0 aliphatic carbocycles. The number of aryl methyl sites for hydroxylation is 1. The Morgan fingerprint density at radius 1 is 1.40 bits per heavy atom. The molecule has 1 aromatic carbocycles. The fourth-order valence-electron chi connectivity index (χ4n) is 1.62. The molecule has 0 radical (unpaired) electrons. The third-order valence-corrected chi connectivity index (χ3v) is 3.49. The predicted molar refractivity (Wildman–Crippen MR) is 76.7 cm³/mol. The normalized spacial score (nSPS) is 10.2. The van der Waals surface area contributed by atoms with Crippen LogP contribution in [0.3, 0.4) is 0 Å². The number of carboxylic acids is 1. The van der Waals surface area contributed by atoms with Gasteiger partial charge in [0.2, 0.25) is 5.88 Å². The van der Waals surface area contributed by atoms with Gasteiger partial charge in [0.05, 0.1) is 7.11 Å². The molecular formula is C14H12BrNO4. The van der Waals surface area contributed by atoms with Gasteiger partial charge in [-0.3, -0.25) is 0 Å². The van der Waals surface area contributed by atoms with Crippen LogP contribution in [0.2, 0.25) is 0 Å². The predicted octanol–water partition coefficient (Wildman–Crippen LogP) is 3.65. The number of benzene rings is 1. The highest BCUT2D eigenvalue weighted by molar-refractivity contribution is 9.10. The minimum atomic E-state index is -1.09. The summed E-state index contributed by atoms with van der Waals surface area (Å²) in [4.78, 5) is 15.3. The number of aromatic nitrogens is 1. The van der Waals surface area contributed by atoms with Crippen molar-refractivity contribution in [2.24, 2.45) is 0 Å². The van der Waals surface area contributed by atoms with Gasteiger partial charge in [0, 0.05) is 16.7 Å². The third kappa shape index (κ3) is 2.91. The first kappa shape index (κ1) is 14.3. The molecule has 0 atom stereocenters. The Hall–Kier alpha value is -2.08. The summed E-state index contributed by atoms with van der Waals surface area (Å²) in [7, 11) is 1.45. The molecule has 0 aliphatic heterocycles. The molecule has 1 heterocycles. The number of carbonyl (C=O) groups is 1. The molecule has 0 unspecified atom stereocenters. The molecule has 6 heteroatoms. The van der Waals surface area contributed by atoms with Gasteiger partial charge >= 0.3 is 5.97 Å². The van der Waals surface area contributed by atoms with Crippen molar-refractivity contribution in [3.8, 4) is 17.4 Å². The molecule has 0 bridgehead atoms. The second-order valence-electron chi connectivity index (χ2n) is 4.02. The summed E-state index contributed by atoms with van der Waals surface area (Å²) in [6.45, 7) is 1.89. The molecule has 2 aromatic rings. The van der Waals surface area contributed by atoms with Crippen LogP contribution in [0.5, 0.6) is 17.4 Å². The van der Waals surface area contributed by atoms with E-state index in [1.165, 1.54) is 13.2 Å². The van der Waals surface area contributed by atoms with E-state index in [1.54, 1.807) is 24.4 Å². The maximum atomic E-state index is 11.2. The zero-order valence-electron chi connectivity index (χ0n) is 10.9. The fraction of sp³-hybridized carbons (Fsp3) is 0.143. The fourth-order valence-corrected chi connectivity index (χ4v) is 1.84. The third-order valence-electron chi connectivity index (χ3n) is 2.66. The van der Waals surface area contributed by atoms with Gasteiger partial charge in [0.1, 0.15) is 5.56 Å². The van der Waals surface area contributed by atoms with Crippen LogP contribution >= 0.6 is 15.9 Å². The molecule has 1 N–H and O–H groups in total. The number of methoxy groups -OCH3 is 1. The molecular weight excluding hydrogens is 326 g/mol. The van der Waals surface area contributed by atoms with Crippen LogP contribution < -0.4 is 9.47 Å². The number of carboxylic acid groups (broad SMARTS) is 1. The van der Waals surface area contributed by atoms with Crippen molar-refractivity contribution in [2.45, 2.75) is 6.92 Å². The Bertz CT molecular complexity index is 658. The van der Waals surface area contributed by atoms with E-state index >= 15 is 0 Å². The lowest BCUT2D eigenvalue weighted by Gasteiger charge is -2.12. The molecule has 2 rings (SSSR count). The minimum absolute atomic E-state index is 0.0201. The van der Waals surface area contributed by atoms with Crippen molar-refractivity contribution < 1.29 is 19.4 Å². The van der Waals surface area contributed by atoms with Crippen LogP contribution in [0.1, 0.15) is 15.9 Å². The quantitative estimate of drug-likeness (QED) is 0.922. The van der Waals surface area contributed by atoms with E-state index in [0.717, 1.165) is 10.0 Å². The summed E-state index contributed by atoms with van der Waals surface area (Å²) in [5.41, 5.74) is 0.952. The van der Waals surface area contributed by atoms with Crippen LogP contribution in [-0.2, 0) is 0 Å². The lowest BCUT2D eigenvalue weighted by molar-refractivity contribution is 0.0693. The molecule has 5 nitrogen and oxygen atoms in total. The first-order chi connectivity index (χ1) is 9.52. The van der Waals surface area contributed by atoms with Crippen LogP contribution in [0.15, 0.2) is 34.9 Å². The van der Waals surface area contributed by atoms with Gasteiger partial charge in [-0.1, -0.05) is 6.07 Å². The second-order valence-corrected chi connectivity index (χ2v) is 4.87.